The van der Waals surface area contributed by atoms with E-state index >= 15 is 0 Å². The molecule has 0 bridgehead atoms. The lowest BCUT2D eigenvalue weighted by atomic mass is 10.2. The first-order chi connectivity index (χ1) is 10.7. The van der Waals surface area contributed by atoms with Crippen LogP contribution in [0.2, 0.25) is 0 Å². The van der Waals surface area contributed by atoms with Crippen LogP contribution in [0.5, 0.6) is 0 Å². The zero-order chi connectivity index (χ0) is 15.5. The first-order valence-electron chi connectivity index (χ1n) is 7.55. The number of hydrogen-bond acceptors (Lipinski definition) is 4. The van der Waals surface area contributed by atoms with Crippen LogP contribution in [0.15, 0.2) is 29.5 Å². The molecular formula is C15H19N5O2. The van der Waals surface area contributed by atoms with Gasteiger partial charge < -0.3 is 9.88 Å². The van der Waals surface area contributed by atoms with E-state index in [1.807, 2.05) is 19.2 Å². The van der Waals surface area contributed by atoms with E-state index in [0.29, 0.717) is 31.4 Å². The minimum atomic E-state index is -0.348. The Morgan fingerprint density at radius 2 is 2.32 bits per heavy atom. The SMILES string of the molecule is CCN(CCn1cccn1)C(=O)c1cnc(C2CC2)[nH]c1=O. The number of nitrogens with one attached hydrogen (secondary N) is 1. The Bertz CT molecular complexity index is 703. The van der Waals surface area contributed by atoms with Gasteiger partial charge in [-0.15, -0.1) is 0 Å². The molecule has 0 aromatic carbocycles. The summed E-state index contributed by atoms with van der Waals surface area (Å²) in [6, 6.07) is 1.84. The lowest BCUT2D eigenvalue weighted by Gasteiger charge is -2.20. The molecule has 1 fully saturated rings. The maximum absolute atomic E-state index is 12.5. The van der Waals surface area contributed by atoms with Crippen LogP contribution in [-0.2, 0) is 6.54 Å². The minimum absolute atomic E-state index is 0.103. The normalized spacial score (nSPS) is 14.0. The van der Waals surface area contributed by atoms with Crippen molar-refractivity contribution in [1.82, 2.24) is 24.6 Å². The molecule has 0 aliphatic heterocycles. The molecule has 0 radical (unpaired) electrons. The standard InChI is InChI=1S/C15H19N5O2/c1-2-19(8-9-20-7-3-6-17-20)15(22)12-10-16-13(11-4-5-11)18-14(12)21/h3,6-7,10-11H,2,4-5,8-9H2,1H3,(H,16,18,21). The quantitative estimate of drug-likeness (QED) is 0.863. The molecule has 1 N–H and O–H groups in total. The van der Waals surface area contributed by atoms with Crippen LogP contribution < -0.4 is 5.56 Å². The van der Waals surface area contributed by atoms with Gasteiger partial charge >= 0.3 is 0 Å². The molecule has 0 atom stereocenters. The maximum atomic E-state index is 12.5. The Morgan fingerprint density at radius 1 is 1.50 bits per heavy atom. The number of amides is 1. The van der Waals surface area contributed by atoms with Gasteiger partial charge in [-0.25, -0.2) is 4.98 Å². The molecule has 2 aromatic rings. The van der Waals surface area contributed by atoms with Gasteiger partial charge in [-0.3, -0.25) is 14.3 Å². The molecular weight excluding hydrogens is 282 g/mol. The number of carbonyl (C=O) groups is 1. The minimum Gasteiger partial charge on any atom is -0.337 e. The van der Waals surface area contributed by atoms with Crippen molar-refractivity contribution < 1.29 is 4.79 Å². The third kappa shape index (κ3) is 3.08. The van der Waals surface area contributed by atoms with Crippen molar-refractivity contribution in [2.45, 2.75) is 32.2 Å². The van der Waals surface area contributed by atoms with E-state index in [-0.39, 0.29) is 17.0 Å². The molecule has 2 heterocycles. The van der Waals surface area contributed by atoms with Crippen LogP contribution in [0.1, 0.15) is 41.9 Å². The smallest absolute Gasteiger partial charge is 0.263 e. The summed E-state index contributed by atoms with van der Waals surface area (Å²) >= 11 is 0. The summed E-state index contributed by atoms with van der Waals surface area (Å²) in [5, 5.41) is 4.11. The largest absolute Gasteiger partial charge is 0.337 e. The Hall–Kier alpha value is -2.44. The average Bonchev–Trinajstić information content (AvgIpc) is 3.24. The van der Waals surface area contributed by atoms with Crippen LogP contribution in [0, 0.1) is 0 Å². The zero-order valence-corrected chi connectivity index (χ0v) is 12.5. The summed E-state index contributed by atoms with van der Waals surface area (Å²) in [5.41, 5.74) is -0.244. The first-order valence-corrected chi connectivity index (χ1v) is 7.55. The van der Waals surface area contributed by atoms with Crippen LogP contribution in [-0.4, -0.2) is 43.6 Å². The van der Waals surface area contributed by atoms with Gasteiger partial charge in [0.05, 0.1) is 6.54 Å². The lowest BCUT2D eigenvalue weighted by Crippen LogP contribution is -2.37. The number of aromatic nitrogens is 4. The van der Waals surface area contributed by atoms with Crippen molar-refractivity contribution >= 4 is 5.91 Å². The van der Waals surface area contributed by atoms with Gasteiger partial charge in [0, 0.05) is 37.6 Å². The highest BCUT2D eigenvalue weighted by Crippen LogP contribution is 2.37. The van der Waals surface area contributed by atoms with Crippen LogP contribution in [0.25, 0.3) is 0 Å². The molecule has 1 aliphatic rings. The molecule has 2 aromatic heterocycles. The van der Waals surface area contributed by atoms with Crippen molar-refractivity contribution in [1.29, 1.82) is 0 Å². The van der Waals surface area contributed by atoms with E-state index < -0.39 is 0 Å². The summed E-state index contributed by atoms with van der Waals surface area (Å²) < 4.78 is 1.76. The highest BCUT2D eigenvalue weighted by Gasteiger charge is 2.27. The second kappa shape index (κ2) is 6.13. The van der Waals surface area contributed by atoms with E-state index in [4.69, 9.17) is 0 Å². The molecule has 1 aliphatic carbocycles. The molecule has 7 nitrogen and oxygen atoms in total. The van der Waals surface area contributed by atoms with E-state index in [1.165, 1.54) is 6.20 Å². The zero-order valence-electron chi connectivity index (χ0n) is 12.5. The van der Waals surface area contributed by atoms with Crippen LogP contribution >= 0.6 is 0 Å². The second-order valence-corrected chi connectivity index (χ2v) is 5.44. The number of rotatable bonds is 6. The van der Waals surface area contributed by atoms with Gasteiger partial charge in [0.1, 0.15) is 11.4 Å². The summed E-state index contributed by atoms with van der Waals surface area (Å²) in [4.78, 5) is 33.2. The maximum Gasteiger partial charge on any atom is 0.263 e. The first kappa shape index (κ1) is 14.5. The topological polar surface area (TPSA) is 83.9 Å². The Balaban J connectivity index is 1.71. The molecule has 3 rings (SSSR count). The number of hydrogen-bond donors (Lipinski definition) is 1. The van der Waals surface area contributed by atoms with E-state index in [9.17, 15) is 9.59 Å². The van der Waals surface area contributed by atoms with E-state index in [1.54, 1.807) is 15.8 Å². The molecule has 7 heteroatoms. The summed E-state index contributed by atoms with van der Waals surface area (Å²) in [6.45, 7) is 3.52. The van der Waals surface area contributed by atoms with Crippen molar-refractivity contribution in [2.75, 3.05) is 13.1 Å². The summed E-state index contributed by atoms with van der Waals surface area (Å²) in [5.74, 6) is 0.769. The Morgan fingerprint density at radius 3 is 2.91 bits per heavy atom. The third-order valence-corrected chi connectivity index (χ3v) is 3.84. The third-order valence-electron chi connectivity index (χ3n) is 3.84. The molecule has 1 saturated carbocycles. The fourth-order valence-electron chi connectivity index (χ4n) is 2.35. The number of nitrogens with zero attached hydrogens (tertiary/aromatic N) is 4. The summed E-state index contributed by atoms with van der Waals surface area (Å²) in [7, 11) is 0. The van der Waals surface area contributed by atoms with Gasteiger partial charge in [-0.2, -0.15) is 5.10 Å². The number of carbonyl (C=O) groups excluding carboxylic acids is 1. The van der Waals surface area contributed by atoms with Crippen molar-refractivity contribution in [3.8, 4) is 0 Å². The van der Waals surface area contributed by atoms with Crippen LogP contribution in [0.3, 0.4) is 0 Å². The van der Waals surface area contributed by atoms with Gasteiger partial charge in [-0.1, -0.05) is 0 Å². The number of likely N-dealkylation sites (N-methyl/N-ethyl adjacent to an activating group) is 1. The highest BCUT2D eigenvalue weighted by atomic mass is 16.2. The molecule has 22 heavy (non-hydrogen) atoms. The average molecular weight is 301 g/mol. The van der Waals surface area contributed by atoms with E-state index in [2.05, 4.69) is 15.1 Å². The fraction of sp³-hybridized carbons (Fsp3) is 0.467. The number of aromatic amines is 1. The van der Waals surface area contributed by atoms with Crippen molar-refractivity contribution in [3.05, 3.63) is 46.4 Å². The van der Waals surface area contributed by atoms with Crippen LogP contribution in [0.4, 0.5) is 0 Å². The summed E-state index contributed by atoms with van der Waals surface area (Å²) in [6.07, 6.45) is 7.06. The van der Waals surface area contributed by atoms with E-state index in [0.717, 1.165) is 12.8 Å². The van der Waals surface area contributed by atoms with Gasteiger partial charge in [0.2, 0.25) is 0 Å². The fourth-order valence-corrected chi connectivity index (χ4v) is 2.35. The van der Waals surface area contributed by atoms with Gasteiger partial charge in [0.15, 0.2) is 0 Å². The monoisotopic (exact) mass is 301 g/mol. The predicted molar refractivity (Wildman–Crippen MR) is 80.6 cm³/mol. The second-order valence-electron chi connectivity index (χ2n) is 5.44. The molecule has 0 spiro atoms. The molecule has 1 amide bonds. The number of H-pyrrole nitrogens is 1. The lowest BCUT2D eigenvalue weighted by molar-refractivity contribution is 0.0755. The molecule has 116 valence electrons. The Labute approximate surface area is 128 Å². The Kier molecular flexibility index (Phi) is 4.04. The van der Waals surface area contributed by atoms with Gasteiger partial charge in [0.25, 0.3) is 11.5 Å². The van der Waals surface area contributed by atoms with Crippen molar-refractivity contribution in [2.24, 2.45) is 0 Å². The predicted octanol–water partition coefficient (Wildman–Crippen LogP) is 1.01. The highest BCUT2D eigenvalue weighted by molar-refractivity contribution is 5.93. The van der Waals surface area contributed by atoms with Crippen molar-refractivity contribution in [3.63, 3.8) is 0 Å². The van der Waals surface area contributed by atoms with Gasteiger partial charge in [-0.05, 0) is 25.8 Å². The molecule has 0 saturated heterocycles. The molecule has 0 unspecified atom stereocenters.